The second kappa shape index (κ2) is 15.9. The molecule has 3 amide bonds. The van der Waals surface area contributed by atoms with Crippen LogP contribution in [0.4, 0.5) is 22.0 Å². The van der Waals surface area contributed by atoms with E-state index >= 15 is 0 Å². The van der Waals surface area contributed by atoms with E-state index in [1.807, 2.05) is 0 Å². The van der Waals surface area contributed by atoms with Crippen LogP contribution >= 0.6 is 34.8 Å². The number of halogens is 8. The van der Waals surface area contributed by atoms with E-state index in [0.717, 1.165) is 5.32 Å². The highest BCUT2D eigenvalue weighted by Gasteiger charge is 2.52. The quantitative estimate of drug-likeness (QED) is 0.130. The van der Waals surface area contributed by atoms with E-state index in [0.29, 0.717) is 21.2 Å². The lowest BCUT2D eigenvalue weighted by Gasteiger charge is -2.28. The van der Waals surface area contributed by atoms with Crippen LogP contribution in [0, 0.1) is 5.92 Å². The number of carbonyl (C=O) groups excluding carboxylic acids is 4. The maximum absolute atomic E-state index is 14.8. The van der Waals surface area contributed by atoms with Crippen LogP contribution in [0.2, 0.25) is 15.1 Å². The molecule has 3 atom stereocenters. The van der Waals surface area contributed by atoms with Gasteiger partial charge in [0.25, 0.3) is 5.91 Å². The zero-order valence-corrected chi connectivity index (χ0v) is 27.1. The predicted octanol–water partition coefficient (Wildman–Crippen LogP) is 7.05. The lowest BCUT2D eigenvalue weighted by Crippen LogP contribution is -2.58. The molecule has 0 saturated heterocycles. The number of benzene rings is 3. The van der Waals surface area contributed by atoms with Gasteiger partial charge in [-0.2, -0.15) is 22.0 Å². The summed E-state index contributed by atoms with van der Waals surface area (Å²) in [5.41, 5.74) is 1.46. The molecule has 7 nitrogen and oxygen atoms in total. The molecule has 15 heteroatoms. The van der Waals surface area contributed by atoms with Gasteiger partial charge in [0.2, 0.25) is 17.6 Å². The Kier molecular flexibility index (Phi) is 12.8. The Balaban J connectivity index is 1.91. The molecule has 0 spiro atoms. The first-order chi connectivity index (χ1) is 21.9. The van der Waals surface area contributed by atoms with Crippen molar-refractivity contribution in [3.63, 3.8) is 0 Å². The van der Waals surface area contributed by atoms with Gasteiger partial charge in [-0.3, -0.25) is 19.2 Å². The minimum absolute atomic E-state index is 0.159. The molecule has 0 saturated carbocycles. The standard InChI is InChI=1S/C32H29Cl3F5N3O4/c1-17(2)26(28(45)32(39,40)30(47)41-16-31(36,37)38)43-29(46)27(19-8-10-21(33)11-9-19)42-25(44)15-24(18-6-4-3-5-7-18)20-12-22(34)14-23(35)13-20/h3-14,17,24,26-27H,15-16H2,1-2H3,(H,41,47)(H,42,44)(H,43,46)/t24-,26+,27+/m1/s1. The van der Waals surface area contributed by atoms with E-state index in [-0.39, 0.29) is 17.0 Å². The lowest BCUT2D eigenvalue weighted by molar-refractivity contribution is -0.165. The van der Waals surface area contributed by atoms with Crippen molar-refractivity contribution in [1.29, 1.82) is 0 Å². The van der Waals surface area contributed by atoms with Crippen molar-refractivity contribution in [2.24, 2.45) is 5.92 Å². The minimum Gasteiger partial charge on any atom is -0.344 e. The SMILES string of the molecule is CC(C)[C@H](NC(=O)[C@@H](NC(=O)C[C@H](c1ccccc1)c1cc(Cl)cc(Cl)c1)c1ccc(Cl)cc1)C(=O)C(F)(F)C(=O)NCC(F)(F)F. The van der Waals surface area contributed by atoms with E-state index in [4.69, 9.17) is 34.8 Å². The number of hydrogen-bond acceptors (Lipinski definition) is 4. The van der Waals surface area contributed by atoms with Crippen molar-refractivity contribution in [3.8, 4) is 0 Å². The lowest BCUT2D eigenvalue weighted by atomic mass is 9.88. The van der Waals surface area contributed by atoms with E-state index in [1.54, 1.807) is 42.5 Å². The Morgan fingerprint density at radius 2 is 1.30 bits per heavy atom. The maximum atomic E-state index is 14.8. The molecule has 3 rings (SSSR count). The Hall–Kier alpha value is -3.74. The van der Waals surface area contributed by atoms with Crippen molar-refractivity contribution in [1.82, 2.24) is 16.0 Å². The van der Waals surface area contributed by atoms with Crippen LogP contribution in [0.1, 0.15) is 48.9 Å². The Morgan fingerprint density at radius 3 is 1.83 bits per heavy atom. The van der Waals surface area contributed by atoms with Crippen LogP contribution in [0.15, 0.2) is 72.8 Å². The Bertz CT molecular complexity index is 1570. The summed E-state index contributed by atoms with van der Waals surface area (Å²) in [7, 11) is 0. The topological polar surface area (TPSA) is 104 Å². The molecule has 3 aromatic carbocycles. The summed E-state index contributed by atoms with van der Waals surface area (Å²) in [5.74, 6) is -13.0. The number of carbonyl (C=O) groups is 4. The Morgan fingerprint density at radius 1 is 0.723 bits per heavy atom. The fraction of sp³-hybridized carbons (Fsp3) is 0.312. The summed E-state index contributed by atoms with van der Waals surface area (Å²) in [6.45, 7) is 0.468. The van der Waals surface area contributed by atoms with Crippen molar-refractivity contribution in [2.75, 3.05) is 6.54 Å². The van der Waals surface area contributed by atoms with Gasteiger partial charge in [0, 0.05) is 27.4 Å². The Labute approximate surface area is 282 Å². The zero-order valence-electron chi connectivity index (χ0n) is 24.8. The largest absolute Gasteiger partial charge is 0.405 e. The maximum Gasteiger partial charge on any atom is 0.405 e. The normalized spacial score (nSPS) is 13.8. The van der Waals surface area contributed by atoms with Crippen LogP contribution in [-0.2, 0) is 19.2 Å². The van der Waals surface area contributed by atoms with Crippen LogP contribution in [0.3, 0.4) is 0 Å². The van der Waals surface area contributed by atoms with Crippen molar-refractivity contribution in [2.45, 2.75) is 50.4 Å². The third-order valence-electron chi connectivity index (χ3n) is 6.94. The van der Waals surface area contributed by atoms with Gasteiger partial charge in [-0.05, 0) is 52.9 Å². The summed E-state index contributed by atoms with van der Waals surface area (Å²) in [6.07, 6.45) is -5.24. The molecular formula is C32H29Cl3F5N3O4. The average molecular weight is 721 g/mol. The molecule has 0 aromatic heterocycles. The van der Waals surface area contributed by atoms with Crippen LogP contribution in [0.5, 0.6) is 0 Å². The highest BCUT2D eigenvalue weighted by atomic mass is 35.5. The molecular weight excluding hydrogens is 692 g/mol. The molecule has 3 aromatic rings. The van der Waals surface area contributed by atoms with Crippen LogP contribution in [0.25, 0.3) is 0 Å². The highest BCUT2D eigenvalue weighted by molar-refractivity contribution is 6.34. The summed E-state index contributed by atoms with van der Waals surface area (Å²) in [6, 6.07) is 15.7. The van der Waals surface area contributed by atoms with Crippen LogP contribution < -0.4 is 16.0 Å². The summed E-state index contributed by atoms with van der Waals surface area (Å²) in [4.78, 5) is 51.9. The smallest absolute Gasteiger partial charge is 0.344 e. The van der Waals surface area contributed by atoms with Gasteiger partial charge in [-0.1, -0.05) is 91.1 Å². The molecule has 0 aliphatic carbocycles. The van der Waals surface area contributed by atoms with Crippen LogP contribution in [-0.4, -0.2) is 48.2 Å². The molecule has 0 radical (unpaired) electrons. The van der Waals surface area contributed by atoms with E-state index in [2.05, 4.69) is 10.6 Å². The molecule has 0 unspecified atom stereocenters. The number of hydrogen-bond donors (Lipinski definition) is 3. The van der Waals surface area contributed by atoms with E-state index in [1.165, 1.54) is 44.2 Å². The fourth-order valence-corrected chi connectivity index (χ4v) is 5.29. The number of amides is 3. The molecule has 0 aliphatic rings. The number of rotatable bonds is 13. The first-order valence-electron chi connectivity index (χ1n) is 14.0. The second-order valence-corrected chi connectivity index (χ2v) is 12.2. The highest BCUT2D eigenvalue weighted by Crippen LogP contribution is 2.32. The molecule has 0 fully saturated rings. The first-order valence-corrected chi connectivity index (χ1v) is 15.2. The summed E-state index contributed by atoms with van der Waals surface area (Å²) < 4.78 is 67.0. The monoisotopic (exact) mass is 719 g/mol. The van der Waals surface area contributed by atoms with Crippen molar-refractivity contribution < 1.29 is 41.1 Å². The number of alkyl halides is 5. The first kappa shape index (κ1) is 37.7. The third-order valence-corrected chi connectivity index (χ3v) is 7.63. The predicted molar refractivity (Wildman–Crippen MR) is 167 cm³/mol. The van der Waals surface area contributed by atoms with Gasteiger partial charge in [-0.25, -0.2) is 0 Å². The fourth-order valence-electron chi connectivity index (χ4n) is 4.62. The van der Waals surface area contributed by atoms with Gasteiger partial charge < -0.3 is 16.0 Å². The molecule has 0 bridgehead atoms. The van der Waals surface area contributed by atoms with Gasteiger partial charge in [0.1, 0.15) is 12.6 Å². The van der Waals surface area contributed by atoms with Gasteiger partial charge in [0.15, 0.2) is 0 Å². The van der Waals surface area contributed by atoms with E-state index in [9.17, 15) is 41.1 Å². The number of ketones is 1. The molecule has 47 heavy (non-hydrogen) atoms. The van der Waals surface area contributed by atoms with Gasteiger partial charge in [0.05, 0.1) is 6.04 Å². The van der Waals surface area contributed by atoms with Gasteiger partial charge in [-0.15, -0.1) is 0 Å². The summed E-state index contributed by atoms with van der Waals surface area (Å²) >= 11 is 18.4. The molecule has 0 aliphatic heterocycles. The molecule has 252 valence electrons. The second-order valence-electron chi connectivity index (χ2n) is 10.9. The van der Waals surface area contributed by atoms with E-state index < -0.39 is 66.1 Å². The summed E-state index contributed by atoms with van der Waals surface area (Å²) in [5, 5.41) is 6.62. The minimum atomic E-state index is -5.01. The number of Topliss-reactive ketones (excluding diaryl/α,β-unsaturated/α-hetero) is 1. The molecule has 0 heterocycles. The zero-order chi connectivity index (χ0) is 35.1. The van der Waals surface area contributed by atoms with Crippen molar-refractivity contribution >= 4 is 58.3 Å². The van der Waals surface area contributed by atoms with Crippen molar-refractivity contribution in [3.05, 3.63) is 105 Å². The van der Waals surface area contributed by atoms with Gasteiger partial charge >= 0.3 is 12.1 Å². The number of nitrogens with one attached hydrogen (secondary N) is 3. The third kappa shape index (κ3) is 10.6. The molecule has 3 N–H and O–H groups in total. The average Bonchev–Trinajstić information content (AvgIpc) is 2.99.